The van der Waals surface area contributed by atoms with Crippen LogP contribution < -0.4 is 5.32 Å². The highest BCUT2D eigenvalue weighted by Gasteiger charge is 2.35. The predicted molar refractivity (Wildman–Crippen MR) is 71.8 cm³/mol. The molecule has 0 bridgehead atoms. The quantitative estimate of drug-likeness (QED) is 0.692. The molecule has 1 aliphatic rings. The van der Waals surface area contributed by atoms with Crippen molar-refractivity contribution >= 4 is 11.9 Å². The van der Waals surface area contributed by atoms with Crippen LogP contribution in [0.4, 0.5) is 0 Å². The van der Waals surface area contributed by atoms with Crippen LogP contribution in [-0.2, 0) is 14.3 Å². The molecule has 1 fully saturated rings. The van der Waals surface area contributed by atoms with Crippen molar-refractivity contribution in [2.45, 2.75) is 52.1 Å². The summed E-state index contributed by atoms with van der Waals surface area (Å²) in [7, 11) is 0. The maximum absolute atomic E-state index is 12.0. The van der Waals surface area contributed by atoms with E-state index in [2.05, 4.69) is 5.32 Å². The van der Waals surface area contributed by atoms with Gasteiger partial charge in [0.25, 0.3) is 0 Å². The Balaban J connectivity index is 2.29. The lowest BCUT2D eigenvalue weighted by atomic mass is 9.79. The molecule has 1 aliphatic carbocycles. The highest BCUT2D eigenvalue weighted by molar-refractivity contribution is 5.84. The molecule has 0 aromatic rings. The Morgan fingerprint density at radius 2 is 1.89 bits per heavy atom. The van der Waals surface area contributed by atoms with Gasteiger partial charge < -0.3 is 15.2 Å². The van der Waals surface area contributed by atoms with E-state index in [1.54, 1.807) is 0 Å². The normalized spacial score (nSPS) is 23.3. The van der Waals surface area contributed by atoms with Crippen molar-refractivity contribution in [3.8, 4) is 0 Å². The SMILES string of the molecule is CC(C)OCCCNC(=O)C1CCCCC1C(=O)O. The lowest BCUT2D eigenvalue weighted by Crippen LogP contribution is -2.40. The lowest BCUT2D eigenvalue weighted by Gasteiger charge is -2.27. The van der Waals surface area contributed by atoms with Crippen LogP contribution in [-0.4, -0.2) is 36.2 Å². The van der Waals surface area contributed by atoms with Gasteiger partial charge in [0.1, 0.15) is 0 Å². The van der Waals surface area contributed by atoms with E-state index in [0.29, 0.717) is 26.0 Å². The minimum atomic E-state index is -0.844. The summed E-state index contributed by atoms with van der Waals surface area (Å²) in [6.45, 7) is 5.11. The lowest BCUT2D eigenvalue weighted by molar-refractivity contribution is -0.148. The van der Waals surface area contributed by atoms with Crippen molar-refractivity contribution in [2.75, 3.05) is 13.2 Å². The first-order valence-electron chi connectivity index (χ1n) is 7.14. The largest absolute Gasteiger partial charge is 0.481 e. The zero-order valence-corrected chi connectivity index (χ0v) is 11.9. The van der Waals surface area contributed by atoms with Crippen LogP contribution in [0.1, 0.15) is 46.0 Å². The maximum Gasteiger partial charge on any atom is 0.307 e. The Morgan fingerprint density at radius 3 is 2.47 bits per heavy atom. The summed E-state index contributed by atoms with van der Waals surface area (Å²) in [5, 5.41) is 12.0. The first-order chi connectivity index (χ1) is 9.02. The van der Waals surface area contributed by atoms with E-state index in [1.807, 2.05) is 13.8 Å². The van der Waals surface area contributed by atoms with Crippen LogP contribution in [0.15, 0.2) is 0 Å². The number of ether oxygens (including phenoxy) is 1. The molecule has 0 aliphatic heterocycles. The highest BCUT2D eigenvalue weighted by Crippen LogP contribution is 2.30. The van der Waals surface area contributed by atoms with Crippen LogP contribution >= 0.6 is 0 Å². The average Bonchev–Trinajstić information content (AvgIpc) is 2.37. The highest BCUT2D eigenvalue weighted by atomic mass is 16.5. The zero-order valence-electron chi connectivity index (χ0n) is 11.9. The van der Waals surface area contributed by atoms with Crippen molar-refractivity contribution in [3.05, 3.63) is 0 Å². The van der Waals surface area contributed by atoms with Gasteiger partial charge in [-0.1, -0.05) is 12.8 Å². The average molecular weight is 271 g/mol. The van der Waals surface area contributed by atoms with Crippen LogP contribution in [0.2, 0.25) is 0 Å². The molecule has 1 saturated carbocycles. The standard InChI is InChI=1S/C14H25NO4/c1-10(2)19-9-5-8-15-13(16)11-6-3-4-7-12(11)14(17)18/h10-12H,3-9H2,1-2H3,(H,15,16)(H,17,18). The second kappa shape index (κ2) is 8.15. The molecule has 0 aromatic heterocycles. The molecule has 1 rings (SSSR count). The van der Waals surface area contributed by atoms with E-state index < -0.39 is 11.9 Å². The molecular weight excluding hydrogens is 246 g/mol. The summed E-state index contributed by atoms with van der Waals surface area (Å²) in [4.78, 5) is 23.1. The number of hydrogen-bond acceptors (Lipinski definition) is 3. The van der Waals surface area contributed by atoms with Crippen LogP contribution in [0.5, 0.6) is 0 Å². The number of rotatable bonds is 7. The number of carbonyl (C=O) groups is 2. The molecule has 19 heavy (non-hydrogen) atoms. The fourth-order valence-electron chi connectivity index (χ4n) is 2.47. The topological polar surface area (TPSA) is 75.6 Å². The van der Waals surface area contributed by atoms with Gasteiger partial charge >= 0.3 is 5.97 Å². The summed E-state index contributed by atoms with van der Waals surface area (Å²) in [6, 6.07) is 0. The molecule has 0 aromatic carbocycles. The van der Waals surface area contributed by atoms with Gasteiger partial charge in [0.15, 0.2) is 0 Å². The Morgan fingerprint density at radius 1 is 1.26 bits per heavy atom. The second-order valence-electron chi connectivity index (χ2n) is 5.40. The summed E-state index contributed by atoms with van der Waals surface area (Å²) < 4.78 is 5.38. The molecule has 1 amide bonds. The van der Waals surface area contributed by atoms with Crippen molar-refractivity contribution < 1.29 is 19.4 Å². The Hall–Kier alpha value is -1.10. The maximum atomic E-state index is 12.0. The van der Waals surface area contributed by atoms with E-state index in [0.717, 1.165) is 19.3 Å². The Kier molecular flexibility index (Phi) is 6.84. The number of carbonyl (C=O) groups excluding carboxylic acids is 1. The fourth-order valence-corrected chi connectivity index (χ4v) is 2.47. The molecule has 5 heteroatoms. The van der Waals surface area contributed by atoms with Crippen LogP contribution in [0.25, 0.3) is 0 Å². The molecule has 2 atom stereocenters. The third-order valence-corrected chi connectivity index (χ3v) is 3.49. The summed E-state index contributed by atoms with van der Waals surface area (Å²) in [6.07, 6.45) is 4.11. The monoisotopic (exact) mass is 271 g/mol. The van der Waals surface area contributed by atoms with Gasteiger partial charge in [-0.25, -0.2) is 0 Å². The number of nitrogens with one attached hydrogen (secondary N) is 1. The second-order valence-corrected chi connectivity index (χ2v) is 5.40. The smallest absolute Gasteiger partial charge is 0.307 e. The summed E-state index contributed by atoms with van der Waals surface area (Å²) >= 11 is 0. The number of aliphatic carboxylic acids is 1. The van der Waals surface area contributed by atoms with Gasteiger partial charge in [0, 0.05) is 13.2 Å². The van der Waals surface area contributed by atoms with Gasteiger partial charge in [-0.05, 0) is 33.1 Å². The first kappa shape index (κ1) is 16.0. The first-order valence-corrected chi connectivity index (χ1v) is 7.14. The summed E-state index contributed by atoms with van der Waals surface area (Å²) in [5.41, 5.74) is 0. The van der Waals surface area contributed by atoms with E-state index in [9.17, 15) is 9.59 Å². The number of hydrogen-bond donors (Lipinski definition) is 2. The molecule has 110 valence electrons. The number of amides is 1. The Labute approximate surface area is 114 Å². The molecule has 2 unspecified atom stereocenters. The molecule has 5 nitrogen and oxygen atoms in total. The van der Waals surface area contributed by atoms with Crippen molar-refractivity contribution in [1.82, 2.24) is 5.32 Å². The zero-order chi connectivity index (χ0) is 14.3. The van der Waals surface area contributed by atoms with Crippen molar-refractivity contribution in [2.24, 2.45) is 11.8 Å². The fraction of sp³-hybridized carbons (Fsp3) is 0.857. The molecule has 0 saturated heterocycles. The van der Waals surface area contributed by atoms with Gasteiger partial charge in [0.05, 0.1) is 17.9 Å². The van der Waals surface area contributed by atoms with Crippen LogP contribution in [0, 0.1) is 11.8 Å². The third-order valence-electron chi connectivity index (χ3n) is 3.49. The summed E-state index contributed by atoms with van der Waals surface area (Å²) in [5.74, 6) is -1.84. The molecular formula is C14H25NO4. The Bertz CT molecular complexity index is 304. The predicted octanol–water partition coefficient (Wildman–Crippen LogP) is 1.81. The van der Waals surface area contributed by atoms with E-state index >= 15 is 0 Å². The number of carboxylic acid groups (broad SMARTS) is 1. The van der Waals surface area contributed by atoms with E-state index in [4.69, 9.17) is 9.84 Å². The number of carboxylic acids is 1. The third kappa shape index (κ3) is 5.59. The minimum absolute atomic E-state index is 0.114. The van der Waals surface area contributed by atoms with E-state index in [-0.39, 0.29) is 17.9 Å². The molecule has 0 heterocycles. The molecule has 0 radical (unpaired) electrons. The van der Waals surface area contributed by atoms with Crippen molar-refractivity contribution in [1.29, 1.82) is 0 Å². The van der Waals surface area contributed by atoms with Gasteiger partial charge in [-0.15, -0.1) is 0 Å². The molecule has 0 spiro atoms. The van der Waals surface area contributed by atoms with Crippen LogP contribution in [0.3, 0.4) is 0 Å². The van der Waals surface area contributed by atoms with Crippen molar-refractivity contribution in [3.63, 3.8) is 0 Å². The van der Waals surface area contributed by atoms with Gasteiger partial charge in [0.2, 0.25) is 5.91 Å². The van der Waals surface area contributed by atoms with E-state index in [1.165, 1.54) is 0 Å². The minimum Gasteiger partial charge on any atom is -0.481 e. The van der Waals surface area contributed by atoms with Gasteiger partial charge in [-0.2, -0.15) is 0 Å². The molecule has 2 N–H and O–H groups in total. The van der Waals surface area contributed by atoms with Gasteiger partial charge in [-0.3, -0.25) is 9.59 Å².